The van der Waals surface area contributed by atoms with E-state index in [1.807, 2.05) is 11.8 Å². The first-order valence-corrected chi connectivity index (χ1v) is 18.3. The van der Waals surface area contributed by atoms with Crippen LogP contribution in [-0.4, -0.2) is 98.4 Å². The van der Waals surface area contributed by atoms with Crippen LogP contribution in [-0.2, 0) is 4.74 Å². The zero-order valence-electron chi connectivity index (χ0n) is 29.7. The highest BCUT2D eigenvalue weighted by Gasteiger charge is 2.50. The summed E-state index contributed by atoms with van der Waals surface area (Å²) in [6, 6.07) is 5.79. The predicted octanol–water partition coefficient (Wildman–Crippen LogP) is 5.57. The molecule has 2 saturated heterocycles. The van der Waals surface area contributed by atoms with Crippen LogP contribution >= 0.6 is 0 Å². The fourth-order valence-electron chi connectivity index (χ4n) is 9.54. The number of likely N-dealkylation sites (tertiary alicyclic amines) is 1. The number of ether oxygens (including phenoxy) is 2. The highest BCUT2D eigenvalue weighted by atomic mass is 19.1. The first-order valence-electron chi connectivity index (χ1n) is 18.3. The number of anilines is 1. The van der Waals surface area contributed by atoms with Gasteiger partial charge in [-0.3, -0.25) is 9.88 Å². The molecule has 0 bridgehead atoms. The Morgan fingerprint density at radius 3 is 2.67 bits per heavy atom. The maximum absolute atomic E-state index is 17.0. The molecule has 4 aliphatic rings. The Balaban J connectivity index is 1.20. The van der Waals surface area contributed by atoms with E-state index in [4.69, 9.17) is 20.9 Å². The summed E-state index contributed by atoms with van der Waals surface area (Å²) in [7, 11) is 0. The molecule has 52 heavy (non-hydrogen) atoms. The van der Waals surface area contributed by atoms with Gasteiger partial charge in [-0.15, -0.1) is 6.42 Å². The Hall–Kier alpha value is -4.15. The van der Waals surface area contributed by atoms with Crippen molar-refractivity contribution in [3.63, 3.8) is 0 Å². The van der Waals surface area contributed by atoms with Gasteiger partial charge in [0.15, 0.2) is 5.82 Å². The second kappa shape index (κ2) is 13.1. The van der Waals surface area contributed by atoms with Crippen LogP contribution in [0.2, 0.25) is 0 Å². The lowest BCUT2D eigenvalue weighted by molar-refractivity contribution is -0.0823. The number of aromatic nitrogens is 3. The number of rotatable bonds is 7. The van der Waals surface area contributed by atoms with E-state index in [1.54, 1.807) is 6.92 Å². The third kappa shape index (κ3) is 6.31. The van der Waals surface area contributed by atoms with Gasteiger partial charge >= 0.3 is 6.01 Å². The van der Waals surface area contributed by atoms with Gasteiger partial charge in [-0.05, 0) is 88.4 Å². The zero-order chi connectivity index (χ0) is 36.4. The van der Waals surface area contributed by atoms with Crippen LogP contribution in [0, 0.1) is 35.3 Å². The SMILES string of the molecule is C#Cc1c(F)ccc2cc(O)cc(-c3ncc4c(N5CCOC[C@@](C)(O)C5)nc(OC[C@]56CCC[C@H]5N(CC5CC(C)(O)C5)CCC6)nc4c3F)c12. The number of aromatic hydroxyl groups is 1. The van der Waals surface area contributed by atoms with Crippen molar-refractivity contribution < 1.29 is 33.6 Å². The first-order chi connectivity index (χ1) is 24.9. The number of aliphatic hydroxyl groups is 2. The monoisotopic (exact) mass is 713 g/mol. The minimum Gasteiger partial charge on any atom is -0.508 e. The fourth-order valence-corrected chi connectivity index (χ4v) is 9.54. The van der Waals surface area contributed by atoms with E-state index >= 15 is 4.39 Å². The molecule has 4 aromatic rings. The van der Waals surface area contributed by atoms with Crippen molar-refractivity contribution in [1.82, 2.24) is 19.9 Å². The summed E-state index contributed by atoms with van der Waals surface area (Å²) in [5, 5.41) is 33.0. The van der Waals surface area contributed by atoms with Gasteiger partial charge in [-0.1, -0.05) is 18.4 Å². The van der Waals surface area contributed by atoms with Crippen LogP contribution in [0.5, 0.6) is 11.8 Å². The normalized spacial score (nSPS) is 29.4. The lowest BCUT2D eigenvalue weighted by atomic mass is 9.70. The lowest BCUT2D eigenvalue weighted by Crippen LogP contribution is -2.55. The lowest BCUT2D eigenvalue weighted by Gasteiger charge is -2.50. The molecule has 0 spiro atoms. The van der Waals surface area contributed by atoms with E-state index < -0.39 is 22.8 Å². The van der Waals surface area contributed by atoms with Crippen molar-refractivity contribution in [1.29, 1.82) is 0 Å². The number of pyridine rings is 1. The molecule has 3 N–H and O–H groups in total. The molecule has 12 heteroatoms. The zero-order valence-corrected chi connectivity index (χ0v) is 29.7. The molecular formula is C40H45F2N5O5. The quantitative estimate of drug-likeness (QED) is 0.210. The number of benzene rings is 2. The van der Waals surface area contributed by atoms with Gasteiger partial charge in [-0.2, -0.15) is 9.97 Å². The summed E-state index contributed by atoms with van der Waals surface area (Å²) in [5.74, 6) is 1.60. The van der Waals surface area contributed by atoms with Crippen LogP contribution in [0.25, 0.3) is 32.9 Å². The molecule has 8 rings (SSSR count). The number of hydrogen-bond acceptors (Lipinski definition) is 10. The highest BCUT2D eigenvalue weighted by molar-refractivity contribution is 6.03. The largest absolute Gasteiger partial charge is 0.508 e. The van der Waals surface area contributed by atoms with Crippen molar-refractivity contribution in [3.05, 3.63) is 47.7 Å². The molecule has 3 atom stereocenters. The number of terminal acetylenes is 1. The van der Waals surface area contributed by atoms with Gasteiger partial charge in [0.05, 0.1) is 42.9 Å². The Bertz CT molecular complexity index is 2080. The minimum atomic E-state index is -1.20. The van der Waals surface area contributed by atoms with Gasteiger partial charge in [0.2, 0.25) is 0 Å². The second-order valence-electron chi connectivity index (χ2n) is 16.1. The maximum Gasteiger partial charge on any atom is 0.319 e. The minimum absolute atomic E-state index is 0.00618. The van der Waals surface area contributed by atoms with Crippen LogP contribution in [0.4, 0.5) is 14.6 Å². The second-order valence-corrected chi connectivity index (χ2v) is 16.1. The highest BCUT2D eigenvalue weighted by Crippen LogP contribution is 2.49. The van der Waals surface area contributed by atoms with Crippen molar-refractivity contribution in [2.45, 2.75) is 76.0 Å². The smallest absolute Gasteiger partial charge is 0.319 e. The Morgan fingerprint density at radius 2 is 1.88 bits per heavy atom. The number of piperidine rings is 1. The average molecular weight is 714 g/mol. The number of fused-ring (bicyclic) bond motifs is 3. The molecule has 2 aliphatic carbocycles. The van der Waals surface area contributed by atoms with E-state index in [1.165, 1.54) is 30.5 Å². The summed E-state index contributed by atoms with van der Waals surface area (Å²) >= 11 is 0. The molecule has 0 amide bonds. The maximum atomic E-state index is 17.0. The topological polar surface area (TPSA) is 124 Å². The molecule has 274 valence electrons. The van der Waals surface area contributed by atoms with Gasteiger partial charge < -0.3 is 29.7 Å². The standard InChI is InChI=1S/C40H45F2N5O5/c1-4-27-30(41)9-8-25-15-26(48)16-28(32(25)27)34-33(42)35-29(19-43-34)36(47-13-14-51-22-39(3,50)21-47)45-37(44-35)52-23-40-10-5-7-31(40)46(12-6-11-40)20-24-17-38(2,49)18-24/h1,8-9,15-16,19,24,31,48-50H,5-7,10-14,17-18,20-23H2,2-3H3/t24?,31-,38?,39+,40-/m1/s1. The van der Waals surface area contributed by atoms with E-state index in [-0.39, 0.29) is 58.1 Å². The van der Waals surface area contributed by atoms with Gasteiger partial charge in [0.1, 0.15) is 34.2 Å². The molecule has 2 saturated carbocycles. The molecule has 4 heterocycles. The predicted molar refractivity (Wildman–Crippen MR) is 193 cm³/mol. The summed E-state index contributed by atoms with van der Waals surface area (Å²) < 4.78 is 44.2. The number of nitrogens with zero attached hydrogens (tertiary/aromatic N) is 5. The Kier molecular flexibility index (Phi) is 8.77. The Morgan fingerprint density at radius 1 is 1.08 bits per heavy atom. The summed E-state index contributed by atoms with van der Waals surface area (Å²) in [6.07, 6.45) is 14.0. The van der Waals surface area contributed by atoms with E-state index in [9.17, 15) is 19.7 Å². The van der Waals surface area contributed by atoms with Crippen LogP contribution in [0.3, 0.4) is 0 Å². The summed E-state index contributed by atoms with van der Waals surface area (Å²) in [4.78, 5) is 18.4. The number of phenols is 1. The Labute approximate surface area is 301 Å². The first kappa shape index (κ1) is 34.9. The molecule has 4 fully saturated rings. The van der Waals surface area contributed by atoms with E-state index in [0.29, 0.717) is 48.3 Å². The number of β-amino-alcohol motifs (C(OH)–C–C–N with tert-alkyl or cyclic N) is 1. The van der Waals surface area contributed by atoms with Crippen molar-refractivity contribution in [2.24, 2.45) is 11.3 Å². The van der Waals surface area contributed by atoms with Gasteiger partial charge in [-0.25, -0.2) is 8.78 Å². The van der Waals surface area contributed by atoms with Gasteiger partial charge in [0.25, 0.3) is 0 Å². The van der Waals surface area contributed by atoms with Gasteiger partial charge in [0, 0.05) is 41.7 Å². The molecule has 2 aromatic heterocycles. The number of hydrogen-bond donors (Lipinski definition) is 3. The third-order valence-electron chi connectivity index (χ3n) is 11.7. The fraction of sp³-hybridized carbons (Fsp3) is 0.525. The van der Waals surface area contributed by atoms with Crippen LogP contribution in [0.15, 0.2) is 30.5 Å². The molecule has 0 unspecified atom stereocenters. The van der Waals surface area contributed by atoms with E-state index in [0.717, 1.165) is 58.0 Å². The van der Waals surface area contributed by atoms with Crippen molar-refractivity contribution >= 4 is 27.5 Å². The number of phenolic OH excluding ortho intramolecular Hbond substituents is 1. The molecule has 2 aromatic carbocycles. The molecule has 0 radical (unpaired) electrons. The summed E-state index contributed by atoms with van der Waals surface area (Å²) in [6.45, 7) is 6.93. The molecule has 10 nitrogen and oxygen atoms in total. The van der Waals surface area contributed by atoms with Crippen molar-refractivity contribution in [2.75, 3.05) is 50.9 Å². The third-order valence-corrected chi connectivity index (χ3v) is 11.7. The van der Waals surface area contributed by atoms with Crippen LogP contribution < -0.4 is 9.64 Å². The average Bonchev–Trinajstić information content (AvgIpc) is 3.44. The van der Waals surface area contributed by atoms with Crippen LogP contribution in [0.1, 0.15) is 64.4 Å². The van der Waals surface area contributed by atoms with Crippen molar-refractivity contribution in [3.8, 4) is 35.4 Å². The number of halogens is 2. The van der Waals surface area contributed by atoms with E-state index in [2.05, 4.69) is 20.8 Å². The molecular weight excluding hydrogens is 668 g/mol. The summed E-state index contributed by atoms with van der Waals surface area (Å²) in [5.41, 5.74) is -2.04. The molecule has 2 aliphatic heterocycles.